The lowest BCUT2D eigenvalue weighted by atomic mass is 10.1. The van der Waals surface area contributed by atoms with Gasteiger partial charge in [-0.15, -0.1) is 0 Å². The highest BCUT2D eigenvalue weighted by atomic mass is 16.5. The number of amides is 2. The number of carboxylic acids is 1. The number of carbonyl (C=O) groups is 3. The number of carbonyl (C=O) groups excluding carboxylic acids is 2. The summed E-state index contributed by atoms with van der Waals surface area (Å²) in [6.07, 6.45) is -0.526. The van der Waals surface area contributed by atoms with Crippen molar-refractivity contribution in [3.63, 3.8) is 0 Å². The van der Waals surface area contributed by atoms with E-state index in [1.54, 1.807) is 0 Å². The molecule has 1 heterocycles. The monoisotopic (exact) mass is 188 g/mol. The van der Waals surface area contributed by atoms with Crippen molar-refractivity contribution in [1.82, 2.24) is 10.4 Å². The first-order valence-corrected chi connectivity index (χ1v) is 3.52. The van der Waals surface area contributed by atoms with Gasteiger partial charge < -0.3 is 10.4 Å². The Balaban J connectivity index is 2.66. The molecule has 0 saturated carbocycles. The zero-order valence-corrected chi connectivity index (χ0v) is 6.56. The summed E-state index contributed by atoms with van der Waals surface area (Å²) in [5.74, 6) is -2.59. The molecule has 0 aromatic heterocycles. The minimum atomic E-state index is -1.21. The van der Waals surface area contributed by atoms with E-state index >= 15 is 0 Å². The molecule has 1 unspecified atom stereocenters. The first-order valence-electron chi connectivity index (χ1n) is 3.52. The lowest BCUT2D eigenvalue weighted by molar-refractivity contribution is -0.178. The predicted molar refractivity (Wildman–Crippen MR) is 37.7 cm³/mol. The Morgan fingerprint density at radius 1 is 1.62 bits per heavy atom. The van der Waals surface area contributed by atoms with Gasteiger partial charge in [0.2, 0.25) is 5.91 Å². The Morgan fingerprint density at radius 3 is 2.77 bits per heavy atom. The third-order valence-corrected chi connectivity index (χ3v) is 1.56. The van der Waals surface area contributed by atoms with Gasteiger partial charge in [-0.1, -0.05) is 0 Å². The molecule has 7 nitrogen and oxygen atoms in total. The fraction of sp³-hybridized carbons (Fsp3) is 0.500. The fourth-order valence-electron chi connectivity index (χ4n) is 1.01. The highest BCUT2D eigenvalue weighted by Crippen LogP contribution is 2.02. The number of hydrogen-bond acceptors (Lipinski definition) is 4. The number of piperazine rings is 1. The van der Waals surface area contributed by atoms with Gasteiger partial charge in [0.05, 0.1) is 6.42 Å². The summed E-state index contributed by atoms with van der Waals surface area (Å²) in [7, 11) is 0. The van der Waals surface area contributed by atoms with Crippen LogP contribution in [0.3, 0.4) is 0 Å². The largest absolute Gasteiger partial charge is 0.481 e. The molecule has 0 aliphatic carbocycles. The van der Waals surface area contributed by atoms with Gasteiger partial charge in [0.25, 0.3) is 5.91 Å². The predicted octanol–water partition coefficient (Wildman–Crippen LogP) is -1.82. The topological polar surface area (TPSA) is 107 Å². The van der Waals surface area contributed by atoms with Crippen molar-refractivity contribution >= 4 is 17.8 Å². The summed E-state index contributed by atoms with van der Waals surface area (Å²) in [4.78, 5) is 32.0. The lowest BCUT2D eigenvalue weighted by Crippen LogP contribution is -2.57. The molecule has 0 aromatic rings. The van der Waals surface area contributed by atoms with E-state index in [9.17, 15) is 14.4 Å². The van der Waals surface area contributed by atoms with Gasteiger partial charge >= 0.3 is 5.97 Å². The average Bonchev–Trinajstić information content (AvgIpc) is 1.98. The minimum Gasteiger partial charge on any atom is -0.481 e. The first kappa shape index (κ1) is 9.46. The van der Waals surface area contributed by atoms with Crippen molar-refractivity contribution in [3.8, 4) is 0 Å². The average molecular weight is 188 g/mol. The third-order valence-electron chi connectivity index (χ3n) is 1.56. The fourth-order valence-corrected chi connectivity index (χ4v) is 1.01. The zero-order chi connectivity index (χ0) is 10.0. The molecule has 13 heavy (non-hydrogen) atoms. The molecule has 0 spiro atoms. The van der Waals surface area contributed by atoms with E-state index in [0.717, 1.165) is 0 Å². The van der Waals surface area contributed by atoms with Crippen LogP contribution in [0.5, 0.6) is 0 Å². The molecule has 1 aliphatic heterocycles. The van der Waals surface area contributed by atoms with E-state index in [1.165, 1.54) is 0 Å². The lowest BCUT2D eigenvalue weighted by Gasteiger charge is -2.26. The van der Waals surface area contributed by atoms with Crippen molar-refractivity contribution in [3.05, 3.63) is 0 Å². The van der Waals surface area contributed by atoms with Crippen molar-refractivity contribution in [2.45, 2.75) is 12.5 Å². The zero-order valence-electron chi connectivity index (χ0n) is 6.56. The molecule has 0 radical (unpaired) electrons. The van der Waals surface area contributed by atoms with Crippen LogP contribution < -0.4 is 5.32 Å². The highest BCUT2D eigenvalue weighted by Gasteiger charge is 2.33. The maximum atomic E-state index is 11.0. The Morgan fingerprint density at radius 2 is 2.23 bits per heavy atom. The summed E-state index contributed by atoms with van der Waals surface area (Å²) in [6.45, 7) is -0.449. The second kappa shape index (κ2) is 3.40. The van der Waals surface area contributed by atoms with Crippen LogP contribution in [0, 0.1) is 0 Å². The van der Waals surface area contributed by atoms with E-state index in [2.05, 4.69) is 5.32 Å². The van der Waals surface area contributed by atoms with E-state index < -0.39 is 36.8 Å². The number of hydroxylamine groups is 2. The Bertz CT molecular complexity index is 262. The maximum Gasteiger partial charge on any atom is 0.305 e. The molecule has 72 valence electrons. The van der Waals surface area contributed by atoms with Crippen LogP contribution in [-0.2, 0) is 14.4 Å². The van der Waals surface area contributed by atoms with Gasteiger partial charge in [-0.25, -0.2) is 5.06 Å². The molecule has 0 bridgehead atoms. The second-order valence-electron chi connectivity index (χ2n) is 2.61. The van der Waals surface area contributed by atoms with Gasteiger partial charge in [0.15, 0.2) is 0 Å². The minimum absolute atomic E-state index is 0.215. The SMILES string of the molecule is O=C(O)CC1NC(=O)CN(O)C1=O. The molecule has 1 saturated heterocycles. The van der Waals surface area contributed by atoms with E-state index in [1.807, 2.05) is 0 Å². The molecular weight excluding hydrogens is 180 g/mol. The quantitative estimate of drug-likeness (QED) is 0.442. The molecule has 2 amide bonds. The molecule has 3 N–H and O–H groups in total. The van der Waals surface area contributed by atoms with Crippen molar-refractivity contribution in [2.24, 2.45) is 0 Å². The number of nitrogens with one attached hydrogen (secondary N) is 1. The summed E-state index contributed by atoms with van der Waals surface area (Å²) in [5.41, 5.74) is 0. The highest BCUT2D eigenvalue weighted by molar-refractivity contribution is 5.95. The molecule has 1 atom stereocenters. The Labute approximate surface area is 72.9 Å². The molecule has 7 heteroatoms. The number of aliphatic carboxylic acids is 1. The summed E-state index contributed by atoms with van der Waals surface area (Å²) < 4.78 is 0. The van der Waals surface area contributed by atoms with E-state index in [-0.39, 0.29) is 5.06 Å². The Hall–Kier alpha value is -1.63. The standard InChI is InChI=1S/C6H8N2O5/c9-4-2-8(13)6(12)3(7-4)1-5(10)11/h3,13H,1-2H2,(H,7,9)(H,10,11). The molecule has 1 aliphatic rings. The van der Waals surface area contributed by atoms with Crippen LogP contribution in [0.25, 0.3) is 0 Å². The number of carboxylic acid groups (broad SMARTS) is 1. The molecule has 1 fully saturated rings. The Kier molecular flexibility index (Phi) is 2.47. The van der Waals surface area contributed by atoms with Crippen LogP contribution in [0.1, 0.15) is 6.42 Å². The first-order chi connectivity index (χ1) is 6.00. The van der Waals surface area contributed by atoms with Crippen LogP contribution in [0.4, 0.5) is 0 Å². The van der Waals surface area contributed by atoms with Gasteiger partial charge in [0, 0.05) is 0 Å². The normalized spacial score (nSPS) is 22.8. The third kappa shape index (κ3) is 2.15. The van der Waals surface area contributed by atoms with Gasteiger partial charge in [-0.05, 0) is 0 Å². The van der Waals surface area contributed by atoms with E-state index in [4.69, 9.17) is 10.3 Å². The van der Waals surface area contributed by atoms with Crippen molar-refractivity contribution in [2.75, 3.05) is 6.54 Å². The smallest absolute Gasteiger partial charge is 0.305 e. The van der Waals surface area contributed by atoms with Crippen LogP contribution in [-0.4, -0.2) is 45.7 Å². The summed E-state index contributed by atoms with van der Waals surface area (Å²) >= 11 is 0. The van der Waals surface area contributed by atoms with Gasteiger partial charge in [-0.3, -0.25) is 19.6 Å². The maximum absolute atomic E-state index is 11.0. The molecule has 0 aromatic carbocycles. The van der Waals surface area contributed by atoms with Gasteiger partial charge in [-0.2, -0.15) is 0 Å². The van der Waals surface area contributed by atoms with Crippen LogP contribution in [0.15, 0.2) is 0 Å². The summed E-state index contributed by atoms with van der Waals surface area (Å²) in [6, 6.07) is -1.16. The molecule has 1 rings (SSSR count). The summed E-state index contributed by atoms with van der Waals surface area (Å²) in [5, 5.41) is 19.6. The van der Waals surface area contributed by atoms with Crippen LogP contribution in [0.2, 0.25) is 0 Å². The number of rotatable bonds is 2. The van der Waals surface area contributed by atoms with Crippen LogP contribution >= 0.6 is 0 Å². The van der Waals surface area contributed by atoms with Crippen molar-refractivity contribution in [1.29, 1.82) is 0 Å². The van der Waals surface area contributed by atoms with Crippen molar-refractivity contribution < 1.29 is 24.7 Å². The second-order valence-corrected chi connectivity index (χ2v) is 2.61. The van der Waals surface area contributed by atoms with Gasteiger partial charge in [0.1, 0.15) is 12.6 Å². The van der Waals surface area contributed by atoms with E-state index in [0.29, 0.717) is 0 Å². The number of nitrogens with zero attached hydrogens (tertiary/aromatic N) is 1. The number of hydrogen-bond donors (Lipinski definition) is 3. The molecular formula is C6H8N2O5.